The van der Waals surface area contributed by atoms with E-state index in [9.17, 15) is 4.79 Å². The van der Waals surface area contributed by atoms with Crippen LogP contribution in [0.25, 0.3) is 0 Å². The lowest BCUT2D eigenvalue weighted by Gasteiger charge is -2.14. The Morgan fingerprint density at radius 3 is 2.89 bits per heavy atom. The molecule has 0 saturated carbocycles. The first kappa shape index (κ1) is 14.1. The van der Waals surface area contributed by atoms with Gasteiger partial charge in [0.25, 0.3) is 5.91 Å². The molecule has 0 spiro atoms. The molecule has 19 heavy (non-hydrogen) atoms. The molecule has 1 amide bonds. The van der Waals surface area contributed by atoms with E-state index in [-0.39, 0.29) is 11.9 Å². The number of nitrogen functional groups attached to an aromatic ring is 1. The number of anilines is 1. The summed E-state index contributed by atoms with van der Waals surface area (Å²) in [5, 5.41) is 5.01. The van der Waals surface area contributed by atoms with Crippen molar-refractivity contribution in [1.82, 2.24) is 5.32 Å². The first-order valence-corrected chi connectivity index (χ1v) is 7.62. The van der Waals surface area contributed by atoms with E-state index in [1.165, 1.54) is 4.88 Å². The monoisotopic (exact) mass is 338 g/mol. The van der Waals surface area contributed by atoms with Crippen LogP contribution in [0.2, 0.25) is 0 Å². The molecule has 0 aliphatic heterocycles. The topological polar surface area (TPSA) is 55.1 Å². The van der Waals surface area contributed by atoms with Crippen molar-refractivity contribution >= 4 is 38.9 Å². The van der Waals surface area contributed by atoms with Crippen molar-refractivity contribution in [3.05, 3.63) is 50.6 Å². The molecule has 0 bridgehead atoms. The van der Waals surface area contributed by atoms with E-state index in [0.29, 0.717) is 11.3 Å². The van der Waals surface area contributed by atoms with E-state index < -0.39 is 0 Å². The third kappa shape index (κ3) is 3.81. The number of benzene rings is 1. The van der Waals surface area contributed by atoms with Crippen molar-refractivity contribution < 1.29 is 4.79 Å². The lowest BCUT2D eigenvalue weighted by atomic mass is 10.1. The van der Waals surface area contributed by atoms with Crippen LogP contribution in [0.1, 0.15) is 22.2 Å². The normalized spacial score (nSPS) is 12.1. The molecule has 2 aromatic rings. The van der Waals surface area contributed by atoms with Crippen molar-refractivity contribution in [3.8, 4) is 0 Å². The van der Waals surface area contributed by atoms with Gasteiger partial charge >= 0.3 is 0 Å². The second kappa shape index (κ2) is 6.21. The molecule has 100 valence electrons. The van der Waals surface area contributed by atoms with Gasteiger partial charge in [0.05, 0.1) is 5.56 Å². The van der Waals surface area contributed by atoms with Crippen LogP contribution in [0.3, 0.4) is 0 Å². The summed E-state index contributed by atoms with van der Waals surface area (Å²) in [5.41, 5.74) is 6.84. The standard InChI is InChI=1S/C14H15BrN2OS/c1-9(7-11-3-2-6-19-11)17-14(18)12-5-4-10(15)8-13(12)16/h2-6,8-9H,7,16H2,1H3,(H,17,18). The highest BCUT2D eigenvalue weighted by molar-refractivity contribution is 9.10. The zero-order valence-corrected chi connectivity index (χ0v) is 12.9. The summed E-state index contributed by atoms with van der Waals surface area (Å²) in [4.78, 5) is 13.4. The Balaban J connectivity index is 2.00. The molecule has 0 fully saturated rings. The average Bonchev–Trinajstić information content (AvgIpc) is 2.81. The Morgan fingerprint density at radius 1 is 1.47 bits per heavy atom. The van der Waals surface area contributed by atoms with E-state index in [2.05, 4.69) is 27.3 Å². The second-order valence-corrected chi connectivity index (χ2v) is 6.34. The molecule has 3 nitrogen and oxygen atoms in total. The molecule has 3 N–H and O–H groups in total. The SMILES string of the molecule is CC(Cc1cccs1)NC(=O)c1ccc(Br)cc1N. The number of rotatable bonds is 4. The lowest BCUT2D eigenvalue weighted by molar-refractivity contribution is 0.0941. The van der Waals surface area contributed by atoms with Crippen LogP contribution < -0.4 is 11.1 Å². The molecule has 0 saturated heterocycles. The summed E-state index contributed by atoms with van der Waals surface area (Å²) in [6, 6.07) is 9.44. The molecule has 5 heteroatoms. The zero-order valence-electron chi connectivity index (χ0n) is 10.5. The van der Waals surface area contributed by atoms with E-state index in [4.69, 9.17) is 5.73 Å². The van der Waals surface area contributed by atoms with Gasteiger partial charge in [0.2, 0.25) is 0 Å². The number of halogens is 1. The molecule has 0 aliphatic rings. The predicted molar refractivity (Wildman–Crippen MR) is 83.5 cm³/mol. The van der Waals surface area contributed by atoms with Crippen LogP contribution in [-0.4, -0.2) is 11.9 Å². The van der Waals surface area contributed by atoms with Gasteiger partial charge < -0.3 is 11.1 Å². The number of hydrogen-bond acceptors (Lipinski definition) is 3. The summed E-state index contributed by atoms with van der Waals surface area (Å²) in [5.74, 6) is -0.131. The van der Waals surface area contributed by atoms with E-state index >= 15 is 0 Å². The minimum atomic E-state index is -0.131. The van der Waals surface area contributed by atoms with E-state index in [0.717, 1.165) is 10.9 Å². The summed E-state index contributed by atoms with van der Waals surface area (Å²) in [7, 11) is 0. The first-order valence-electron chi connectivity index (χ1n) is 5.94. The largest absolute Gasteiger partial charge is 0.398 e. The zero-order chi connectivity index (χ0) is 13.8. The Morgan fingerprint density at radius 2 is 2.26 bits per heavy atom. The maximum absolute atomic E-state index is 12.1. The van der Waals surface area contributed by atoms with E-state index in [1.54, 1.807) is 23.5 Å². The Kier molecular flexibility index (Phi) is 4.61. The average molecular weight is 339 g/mol. The smallest absolute Gasteiger partial charge is 0.253 e. The number of hydrogen-bond donors (Lipinski definition) is 2. The number of amides is 1. The van der Waals surface area contributed by atoms with Gasteiger partial charge in [-0.3, -0.25) is 4.79 Å². The number of carbonyl (C=O) groups excluding carboxylic acids is 1. The van der Waals surface area contributed by atoms with Crippen molar-refractivity contribution in [2.45, 2.75) is 19.4 Å². The highest BCUT2D eigenvalue weighted by Crippen LogP contribution is 2.19. The van der Waals surface area contributed by atoms with Crippen LogP contribution >= 0.6 is 27.3 Å². The summed E-state index contributed by atoms with van der Waals surface area (Å²) < 4.78 is 0.869. The van der Waals surface area contributed by atoms with Gasteiger partial charge in [0.15, 0.2) is 0 Å². The molecule has 0 radical (unpaired) electrons. The molecule has 1 unspecified atom stereocenters. The third-order valence-electron chi connectivity index (χ3n) is 2.72. The van der Waals surface area contributed by atoms with Crippen molar-refractivity contribution in [1.29, 1.82) is 0 Å². The molecule has 2 rings (SSSR count). The van der Waals surface area contributed by atoms with Crippen LogP contribution in [-0.2, 0) is 6.42 Å². The maximum Gasteiger partial charge on any atom is 0.253 e. The van der Waals surface area contributed by atoms with Gasteiger partial charge in [-0.05, 0) is 36.6 Å². The molecule has 0 aliphatic carbocycles. The highest BCUT2D eigenvalue weighted by atomic mass is 79.9. The van der Waals surface area contributed by atoms with Crippen LogP contribution in [0, 0.1) is 0 Å². The Bertz CT molecular complexity index is 569. The van der Waals surface area contributed by atoms with Gasteiger partial charge in [-0.25, -0.2) is 0 Å². The Hall–Kier alpha value is -1.33. The summed E-state index contributed by atoms with van der Waals surface area (Å²) in [6.45, 7) is 1.99. The molecular formula is C14H15BrN2OS. The molecular weight excluding hydrogens is 324 g/mol. The van der Waals surface area contributed by atoms with Gasteiger partial charge in [0.1, 0.15) is 0 Å². The first-order chi connectivity index (χ1) is 9.06. The van der Waals surface area contributed by atoms with Crippen LogP contribution in [0.5, 0.6) is 0 Å². The molecule has 1 aromatic heterocycles. The van der Waals surface area contributed by atoms with Crippen LogP contribution in [0.15, 0.2) is 40.2 Å². The summed E-state index contributed by atoms with van der Waals surface area (Å²) in [6.07, 6.45) is 0.833. The number of thiophene rings is 1. The molecule has 1 aromatic carbocycles. The highest BCUT2D eigenvalue weighted by Gasteiger charge is 2.13. The quantitative estimate of drug-likeness (QED) is 0.839. The maximum atomic E-state index is 12.1. The van der Waals surface area contributed by atoms with Crippen molar-refractivity contribution in [3.63, 3.8) is 0 Å². The molecule has 1 atom stereocenters. The Labute approximate surface area is 125 Å². The summed E-state index contributed by atoms with van der Waals surface area (Å²) >= 11 is 5.02. The lowest BCUT2D eigenvalue weighted by Crippen LogP contribution is -2.34. The second-order valence-electron chi connectivity index (χ2n) is 4.39. The number of nitrogens with two attached hydrogens (primary N) is 1. The van der Waals surface area contributed by atoms with Gasteiger partial charge in [-0.2, -0.15) is 0 Å². The van der Waals surface area contributed by atoms with Gasteiger partial charge in [-0.15, -0.1) is 11.3 Å². The number of carbonyl (C=O) groups is 1. The van der Waals surface area contributed by atoms with Crippen molar-refractivity contribution in [2.24, 2.45) is 0 Å². The fourth-order valence-electron chi connectivity index (χ4n) is 1.82. The minimum absolute atomic E-state index is 0.0780. The van der Waals surface area contributed by atoms with E-state index in [1.807, 2.05) is 24.4 Å². The number of nitrogens with one attached hydrogen (secondary N) is 1. The molecule has 1 heterocycles. The van der Waals surface area contributed by atoms with Gasteiger partial charge in [-0.1, -0.05) is 22.0 Å². The fraction of sp³-hybridized carbons (Fsp3) is 0.214. The fourth-order valence-corrected chi connectivity index (χ4v) is 3.04. The third-order valence-corrected chi connectivity index (χ3v) is 4.12. The van der Waals surface area contributed by atoms with Crippen molar-refractivity contribution in [2.75, 3.05) is 5.73 Å². The minimum Gasteiger partial charge on any atom is -0.398 e. The van der Waals surface area contributed by atoms with Crippen LogP contribution in [0.4, 0.5) is 5.69 Å². The predicted octanol–water partition coefficient (Wildman–Crippen LogP) is 3.45. The van der Waals surface area contributed by atoms with Gasteiger partial charge in [0, 0.05) is 27.5 Å².